The Bertz CT molecular complexity index is 382. The normalized spacial score (nSPS) is 12.9. The van der Waals surface area contributed by atoms with Gasteiger partial charge in [-0.3, -0.25) is 0 Å². The van der Waals surface area contributed by atoms with E-state index in [4.69, 9.17) is 16.7 Å². The zero-order chi connectivity index (χ0) is 13.0. The zero-order valence-corrected chi connectivity index (χ0v) is 11.5. The average Bonchev–Trinajstić information content (AvgIpc) is 2.24. The van der Waals surface area contributed by atoms with Crippen molar-refractivity contribution in [2.75, 3.05) is 11.9 Å². The molecule has 0 amide bonds. The Morgan fingerprint density at radius 3 is 2.47 bits per heavy atom. The molecule has 1 heterocycles. The second-order valence-corrected chi connectivity index (χ2v) is 4.92. The van der Waals surface area contributed by atoms with Gasteiger partial charge < -0.3 is 10.4 Å². The van der Waals surface area contributed by atoms with Gasteiger partial charge in [0.25, 0.3) is 0 Å². The number of rotatable bonds is 5. The molecule has 0 aliphatic rings. The van der Waals surface area contributed by atoms with Crippen LogP contribution in [0, 0.1) is 6.92 Å². The Balaban J connectivity index is 2.97. The lowest BCUT2D eigenvalue weighted by molar-refractivity contribution is 0.282. The van der Waals surface area contributed by atoms with Crippen LogP contribution in [0.5, 0.6) is 0 Å². The van der Waals surface area contributed by atoms with E-state index in [9.17, 15) is 0 Å². The maximum absolute atomic E-state index is 8.88. The zero-order valence-electron chi connectivity index (χ0n) is 10.8. The Morgan fingerprint density at radius 2 is 1.94 bits per heavy atom. The lowest BCUT2D eigenvalue weighted by Crippen LogP contribution is -2.19. The van der Waals surface area contributed by atoms with E-state index in [2.05, 4.69) is 15.3 Å². The Kier molecular flexibility index (Phi) is 5.15. The van der Waals surface area contributed by atoms with E-state index in [-0.39, 0.29) is 18.6 Å². The first-order chi connectivity index (χ1) is 7.95. The monoisotopic (exact) mass is 257 g/mol. The predicted octanol–water partition coefficient (Wildman–Crippen LogP) is 2.74. The fourth-order valence-electron chi connectivity index (χ4n) is 1.40. The maximum atomic E-state index is 8.88. The van der Waals surface area contributed by atoms with Gasteiger partial charge in [0.05, 0.1) is 0 Å². The minimum absolute atomic E-state index is 0.156. The number of halogens is 1. The highest BCUT2D eigenvalue weighted by atomic mass is 35.5. The molecule has 5 heteroatoms. The molecule has 17 heavy (non-hydrogen) atoms. The summed E-state index contributed by atoms with van der Waals surface area (Å²) in [4.78, 5) is 8.72. The first-order valence-electron chi connectivity index (χ1n) is 5.87. The second kappa shape index (κ2) is 6.17. The van der Waals surface area contributed by atoms with Crippen LogP contribution in [0.4, 0.5) is 5.82 Å². The van der Waals surface area contributed by atoms with Crippen LogP contribution in [0.25, 0.3) is 0 Å². The van der Waals surface area contributed by atoms with E-state index in [0.717, 1.165) is 17.2 Å². The van der Waals surface area contributed by atoms with Crippen molar-refractivity contribution in [3.8, 4) is 0 Å². The summed E-state index contributed by atoms with van der Waals surface area (Å²) in [5, 5.41) is 12.6. The first kappa shape index (κ1) is 14.2. The van der Waals surface area contributed by atoms with Crippen LogP contribution in [-0.2, 0) is 0 Å². The number of aliphatic hydroxyl groups is 1. The number of aliphatic hydroxyl groups excluding tert-OH is 1. The van der Waals surface area contributed by atoms with Crippen LogP contribution in [0.1, 0.15) is 44.5 Å². The summed E-state index contributed by atoms with van der Waals surface area (Å²) in [6.07, 6.45) is 0.679. The van der Waals surface area contributed by atoms with Gasteiger partial charge in [0, 0.05) is 24.1 Å². The summed E-state index contributed by atoms with van der Waals surface area (Å²) >= 11 is 6.08. The van der Waals surface area contributed by atoms with Crippen molar-refractivity contribution in [3.05, 3.63) is 16.5 Å². The molecule has 0 fully saturated rings. The van der Waals surface area contributed by atoms with E-state index in [0.29, 0.717) is 11.6 Å². The third kappa shape index (κ3) is 3.82. The van der Waals surface area contributed by atoms with Crippen LogP contribution >= 0.6 is 11.6 Å². The van der Waals surface area contributed by atoms with Crippen LogP contribution in [0.15, 0.2) is 0 Å². The summed E-state index contributed by atoms with van der Waals surface area (Å²) in [5.74, 6) is 1.73. The van der Waals surface area contributed by atoms with Gasteiger partial charge in [-0.15, -0.1) is 0 Å². The molecule has 0 saturated carbocycles. The number of nitrogens with zero attached hydrogens (tertiary/aromatic N) is 2. The molecule has 0 spiro atoms. The highest BCUT2D eigenvalue weighted by molar-refractivity contribution is 6.30. The lowest BCUT2D eigenvalue weighted by atomic mass is 10.2. The molecule has 1 rings (SSSR count). The Labute approximate surface area is 107 Å². The maximum Gasteiger partial charge on any atom is 0.137 e. The molecule has 0 aromatic carbocycles. The van der Waals surface area contributed by atoms with Crippen molar-refractivity contribution < 1.29 is 5.11 Å². The molecule has 0 radical (unpaired) electrons. The molecule has 0 aliphatic carbocycles. The van der Waals surface area contributed by atoms with Crippen molar-refractivity contribution in [2.45, 2.75) is 46.1 Å². The Morgan fingerprint density at radius 1 is 1.29 bits per heavy atom. The average molecular weight is 258 g/mol. The second-order valence-electron chi connectivity index (χ2n) is 4.56. The summed E-state index contributed by atoms with van der Waals surface area (Å²) in [6, 6.07) is 0.157. The summed E-state index contributed by atoms with van der Waals surface area (Å²) < 4.78 is 0. The van der Waals surface area contributed by atoms with E-state index in [1.165, 1.54) is 0 Å². The molecule has 0 aliphatic heterocycles. The molecule has 1 unspecified atom stereocenters. The Hall–Kier alpha value is -0.870. The fourth-order valence-corrected chi connectivity index (χ4v) is 1.58. The van der Waals surface area contributed by atoms with E-state index >= 15 is 0 Å². The van der Waals surface area contributed by atoms with Crippen molar-refractivity contribution in [1.82, 2.24) is 9.97 Å². The van der Waals surface area contributed by atoms with Crippen LogP contribution in [-0.4, -0.2) is 27.7 Å². The smallest absolute Gasteiger partial charge is 0.137 e. The highest BCUT2D eigenvalue weighted by Crippen LogP contribution is 2.23. The molecule has 96 valence electrons. The third-order valence-electron chi connectivity index (χ3n) is 2.57. The van der Waals surface area contributed by atoms with Crippen LogP contribution in [0.2, 0.25) is 5.15 Å². The fraction of sp³-hybridized carbons (Fsp3) is 0.667. The minimum atomic E-state index is 0.156. The van der Waals surface area contributed by atoms with Gasteiger partial charge in [0.2, 0.25) is 0 Å². The summed E-state index contributed by atoms with van der Waals surface area (Å²) in [5.41, 5.74) is 0.848. The van der Waals surface area contributed by atoms with Gasteiger partial charge in [-0.2, -0.15) is 0 Å². The molecule has 0 bridgehead atoms. The molecule has 4 nitrogen and oxygen atoms in total. The van der Waals surface area contributed by atoms with Gasteiger partial charge in [-0.25, -0.2) is 9.97 Å². The van der Waals surface area contributed by atoms with Gasteiger partial charge in [-0.05, 0) is 20.3 Å². The molecular weight excluding hydrogens is 238 g/mol. The number of nitrogens with one attached hydrogen (secondary N) is 1. The summed E-state index contributed by atoms with van der Waals surface area (Å²) in [7, 11) is 0. The predicted molar refractivity (Wildman–Crippen MR) is 70.7 cm³/mol. The molecule has 2 N–H and O–H groups in total. The van der Waals surface area contributed by atoms with Gasteiger partial charge in [0.1, 0.15) is 16.8 Å². The van der Waals surface area contributed by atoms with Crippen molar-refractivity contribution in [1.29, 1.82) is 0 Å². The standard InChI is InChI=1S/C12H20ClN3O/c1-7(2)11-15-10(13)9(4)12(16-11)14-8(3)5-6-17/h7-8,17H,5-6H2,1-4H3,(H,14,15,16). The topological polar surface area (TPSA) is 58.0 Å². The molecule has 0 saturated heterocycles. The van der Waals surface area contributed by atoms with Crippen molar-refractivity contribution in [3.63, 3.8) is 0 Å². The van der Waals surface area contributed by atoms with Crippen molar-refractivity contribution in [2.24, 2.45) is 0 Å². The van der Waals surface area contributed by atoms with E-state index in [1.807, 2.05) is 27.7 Å². The highest BCUT2D eigenvalue weighted by Gasteiger charge is 2.13. The van der Waals surface area contributed by atoms with Crippen molar-refractivity contribution >= 4 is 17.4 Å². The summed E-state index contributed by atoms with van der Waals surface area (Å²) in [6.45, 7) is 8.11. The minimum Gasteiger partial charge on any atom is -0.396 e. The quantitative estimate of drug-likeness (QED) is 0.797. The largest absolute Gasteiger partial charge is 0.396 e. The number of aromatic nitrogens is 2. The molecular formula is C12H20ClN3O. The third-order valence-corrected chi connectivity index (χ3v) is 2.93. The molecule has 1 aromatic rings. The van der Waals surface area contributed by atoms with Gasteiger partial charge >= 0.3 is 0 Å². The molecule has 1 aromatic heterocycles. The van der Waals surface area contributed by atoms with E-state index in [1.54, 1.807) is 0 Å². The van der Waals surface area contributed by atoms with Crippen LogP contribution < -0.4 is 5.32 Å². The number of anilines is 1. The van der Waals surface area contributed by atoms with Gasteiger partial charge in [-0.1, -0.05) is 25.4 Å². The van der Waals surface area contributed by atoms with Crippen LogP contribution in [0.3, 0.4) is 0 Å². The lowest BCUT2D eigenvalue weighted by Gasteiger charge is -2.17. The molecule has 1 atom stereocenters. The number of hydrogen-bond acceptors (Lipinski definition) is 4. The first-order valence-corrected chi connectivity index (χ1v) is 6.25. The number of hydrogen-bond donors (Lipinski definition) is 2. The van der Waals surface area contributed by atoms with E-state index < -0.39 is 0 Å². The SMILES string of the molecule is Cc1c(Cl)nc(C(C)C)nc1NC(C)CCO. The van der Waals surface area contributed by atoms with Gasteiger partial charge in [0.15, 0.2) is 0 Å².